The van der Waals surface area contributed by atoms with Crippen molar-refractivity contribution < 1.29 is 4.39 Å². The quantitative estimate of drug-likeness (QED) is 0.877. The second kappa shape index (κ2) is 4.46. The minimum Gasteiger partial charge on any atom is -0.384 e. The van der Waals surface area contributed by atoms with E-state index in [1.807, 2.05) is 13.0 Å². The van der Waals surface area contributed by atoms with E-state index in [1.54, 1.807) is 23.6 Å². The maximum atomic E-state index is 14.0. The summed E-state index contributed by atoms with van der Waals surface area (Å²) in [4.78, 5) is 0. The van der Waals surface area contributed by atoms with Crippen LogP contribution in [0.5, 0.6) is 0 Å². The third-order valence-corrected chi connectivity index (χ3v) is 3.66. The largest absolute Gasteiger partial charge is 0.384 e. The summed E-state index contributed by atoms with van der Waals surface area (Å²) in [5, 5.41) is 9.07. The summed E-state index contributed by atoms with van der Waals surface area (Å²) in [5.41, 5.74) is 8.19. The maximum absolute atomic E-state index is 14.0. The highest BCUT2D eigenvalue weighted by Gasteiger charge is 2.20. The minimum atomic E-state index is -0.390. The lowest BCUT2D eigenvalue weighted by atomic mass is 10.2. The van der Waals surface area contributed by atoms with E-state index in [9.17, 15) is 4.39 Å². The molecule has 1 heterocycles. The first-order chi connectivity index (χ1) is 8.49. The van der Waals surface area contributed by atoms with Gasteiger partial charge in [0, 0.05) is 10.2 Å². The monoisotopic (exact) mass is 307 g/mol. The van der Waals surface area contributed by atoms with E-state index >= 15 is 0 Å². The molecule has 0 unspecified atom stereocenters. The predicted molar refractivity (Wildman–Crippen MR) is 72.0 cm³/mol. The fourth-order valence-corrected chi connectivity index (χ4v) is 2.48. The van der Waals surface area contributed by atoms with Crippen LogP contribution in [0, 0.1) is 31.0 Å². The van der Waals surface area contributed by atoms with Crippen molar-refractivity contribution in [2.45, 2.75) is 13.8 Å². The lowest BCUT2D eigenvalue weighted by Crippen LogP contribution is -2.05. The topological polar surface area (TPSA) is 54.7 Å². The Labute approximate surface area is 113 Å². The van der Waals surface area contributed by atoms with E-state index in [0.717, 1.165) is 11.3 Å². The number of nitriles is 1. The molecule has 0 atom stereocenters. The molecule has 0 spiro atoms. The van der Waals surface area contributed by atoms with Crippen LogP contribution in [0.3, 0.4) is 0 Å². The zero-order valence-corrected chi connectivity index (χ0v) is 11.5. The molecule has 92 valence electrons. The Balaban J connectivity index is 2.86. The lowest BCUT2D eigenvalue weighted by Gasteiger charge is -2.12. The van der Waals surface area contributed by atoms with Crippen LogP contribution in [0.2, 0.25) is 0 Å². The number of nitrogens with two attached hydrogens (primary N) is 1. The van der Waals surface area contributed by atoms with E-state index in [4.69, 9.17) is 11.0 Å². The van der Waals surface area contributed by atoms with Crippen molar-refractivity contribution >= 4 is 21.7 Å². The number of benzene rings is 1. The summed E-state index contributed by atoms with van der Waals surface area (Å²) in [6.45, 7) is 3.61. The van der Waals surface area contributed by atoms with Gasteiger partial charge in [-0.15, -0.1) is 0 Å². The molecule has 2 aromatic rings. The zero-order chi connectivity index (χ0) is 13.4. The number of halogens is 2. The van der Waals surface area contributed by atoms with Crippen LogP contribution in [0.1, 0.15) is 16.8 Å². The molecular weight excluding hydrogens is 297 g/mol. The molecule has 18 heavy (non-hydrogen) atoms. The zero-order valence-electron chi connectivity index (χ0n) is 9.96. The van der Waals surface area contributed by atoms with Crippen molar-refractivity contribution in [3.63, 3.8) is 0 Å². The van der Waals surface area contributed by atoms with Crippen LogP contribution in [-0.4, -0.2) is 4.57 Å². The fourth-order valence-electron chi connectivity index (χ4n) is 1.97. The molecule has 0 aliphatic carbocycles. The third kappa shape index (κ3) is 1.70. The van der Waals surface area contributed by atoms with Gasteiger partial charge < -0.3 is 5.73 Å². The number of rotatable bonds is 1. The maximum Gasteiger partial charge on any atom is 0.148 e. The van der Waals surface area contributed by atoms with Crippen molar-refractivity contribution in [2.24, 2.45) is 0 Å². The Kier molecular flexibility index (Phi) is 3.14. The van der Waals surface area contributed by atoms with Crippen molar-refractivity contribution in [3.05, 3.63) is 45.3 Å². The number of hydrogen-bond donors (Lipinski definition) is 1. The number of anilines is 1. The van der Waals surface area contributed by atoms with Gasteiger partial charge in [-0.25, -0.2) is 4.39 Å². The van der Waals surface area contributed by atoms with Crippen LogP contribution in [0.4, 0.5) is 10.2 Å². The molecule has 0 fully saturated rings. The third-order valence-electron chi connectivity index (χ3n) is 3.02. The minimum absolute atomic E-state index is 0.262. The molecule has 1 aromatic heterocycles. The Morgan fingerprint density at radius 3 is 2.56 bits per heavy atom. The number of nitrogen functional groups attached to an aromatic ring is 1. The number of para-hydroxylation sites is 1. The number of nitrogens with zero attached hydrogens (tertiary/aromatic N) is 2. The summed E-state index contributed by atoms with van der Waals surface area (Å²) in [7, 11) is 0. The second-order valence-corrected chi connectivity index (χ2v) is 4.84. The summed E-state index contributed by atoms with van der Waals surface area (Å²) >= 11 is 3.31. The van der Waals surface area contributed by atoms with E-state index in [1.165, 1.54) is 6.07 Å². The first kappa shape index (κ1) is 12.7. The van der Waals surface area contributed by atoms with Gasteiger partial charge in [0.15, 0.2) is 0 Å². The van der Waals surface area contributed by atoms with Gasteiger partial charge in [0.2, 0.25) is 0 Å². The molecule has 0 amide bonds. The summed E-state index contributed by atoms with van der Waals surface area (Å²) in [5.74, 6) is -0.128. The van der Waals surface area contributed by atoms with Crippen LogP contribution in [0.25, 0.3) is 5.69 Å². The molecule has 3 nitrogen and oxygen atoms in total. The highest BCUT2D eigenvalue weighted by atomic mass is 79.9. The van der Waals surface area contributed by atoms with E-state index in [2.05, 4.69) is 15.9 Å². The average Bonchev–Trinajstić information content (AvgIpc) is 2.53. The molecule has 5 heteroatoms. The van der Waals surface area contributed by atoms with Crippen molar-refractivity contribution in [1.82, 2.24) is 4.57 Å². The van der Waals surface area contributed by atoms with Crippen LogP contribution in [0.15, 0.2) is 22.7 Å². The molecule has 0 aliphatic heterocycles. The molecule has 0 aliphatic rings. The smallest absolute Gasteiger partial charge is 0.148 e. The van der Waals surface area contributed by atoms with E-state index in [-0.39, 0.29) is 5.82 Å². The normalized spacial score (nSPS) is 10.4. The SMILES string of the molecule is Cc1c(C#N)c(N)n(-c2c(F)cccc2Br)c1C. The van der Waals surface area contributed by atoms with Gasteiger partial charge in [0.05, 0.1) is 11.3 Å². The first-order valence-corrected chi connectivity index (χ1v) is 6.10. The highest BCUT2D eigenvalue weighted by molar-refractivity contribution is 9.10. The summed E-state index contributed by atoms with van der Waals surface area (Å²) < 4.78 is 16.1. The predicted octanol–water partition coefficient (Wildman–Crippen LogP) is 3.45. The Hall–Kier alpha value is -1.80. The van der Waals surface area contributed by atoms with E-state index < -0.39 is 5.82 Å². The first-order valence-electron chi connectivity index (χ1n) is 5.31. The van der Waals surface area contributed by atoms with Gasteiger partial charge in [-0.3, -0.25) is 4.57 Å². The Morgan fingerprint density at radius 2 is 2.06 bits per heavy atom. The standard InChI is InChI=1S/C13H11BrFN3/c1-7-8(2)18(13(17)9(7)6-16)12-10(14)4-3-5-11(12)15/h3-5H,17H2,1-2H3. The molecule has 1 aromatic carbocycles. The van der Waals surface area contributed by atoms with Crippen molar-refractivity contribution in [2.75, 3.05) is 5.73 Å². The molecule has 0 radical (unpaired) electrons. The molecule has 0 bridgehead atoms. The fraction of sp³-hybridized carbons (Fsp3) is 0.154. The van der Waals surface area contributed by atoms with Gasteiger partial charge in [0.1, 0.15) is 17.7 Å². The van der Waals surface area contributed by atoms with Crippen molar-refractivity contribution in [1.29, 1.82) is 5.26 Å². The van der Waals surface area contributed by atoms with Crippen LogP contribution in [-0.2, 0) is 0 Å². The lowest BCUT2D eigenvalue weighted by molar-refractivity contribution is 0.616. The summed E-state index contributed by atoms with van der Waals surface area (Å²) in [6, 6.07) is 6.75. The van der Waals surface area contributed by atoms with Gasteiger partial charge >= 0.3 is 0 Å². The molecular formula is C13H11BrFN3. The van der Waals surface area contributed by atoms with Crippen LogP contribution >= 0.6 is 15.9 Å². The van der Waals surface area contributed by atoms with Gasteiger partial charge in [0.25, 0.3) is 0 Å². The average molecular weight is 308 g/mol. The van der Waals surface area contributed by atoms with E-state index in [0.29, 0.717) is 15.7 Å². The Bertz CT molecular complexity index is 648. The molecule has 0 saturated heterocycles. The number of aromatic nitrogens is 1. The van der Waals surface area contributed by atoms with Crippen LogP contribution < -0.4 is 5.73 Å². The second-order valence-electron chi connectivity index (χ2n) is 3.99. The molecule has 0 saturated carbocycles. The molecule has 2 rings (SSSR count). The Morgan fingerprint density at radius 1 is 1.39 bits per heavy atom. The van der Waals surface area contributed by atoms with Gasteiger partial charge in [-0.2, -0.15) is 5.26 Å². The van der Waals surface area contributed by atoms with Gasteiger partial charge in [-0.1, -0.05) is 6.07 Å². The number of hydrogen-bond acceptors (Lipinski definition) is 2. The van der Waals surface area contributed by atoms with Crippen molar-refractivity contribution in [3.8, 4) is 11.8 Å². The summed E-state index contributed by atoms with van der Waals surface area (Å²) in [6.07, 6.45) is 0. The molecule has 2 N–H and O–H groups in total. The highest BCUT2D eigenvalue weighted by Crippen LogP contribution is 2.32. The van der Waals surface area contributed by atoms with Gasteiger partial charge in [-0.05, 0) is 47.5 Å².